The zero-order valence-corrected chi connectivity index (χ0v) is 9.26. The van der Waals surface area contributed by atoms with Crippen molar-refractivity contribution in [1.82, 2.24) is 4.98 Å². The number of aromatic nitrogens is 1. The molecule has 2 nitrogen and oxygen atoms in total. The molecule has 0 saturated heterocycles. The SMILES string of the molecule is OC1(C#Cc2nccs2)CC2CCC1C2. The fraction of sp³-hybridized carbons (Fsp3) is 0.583. The molecule has 0 radical (unpaired) electrons. The largest absolute Gasteiger partial charge is 0.377 e. The van der Waals surface area contributed by atoms with E-state index in [0.29, 0.717) is 11.8 Å². The highest BCUT2D eigenvalue weighted by Gasteiger charge is 2.49. The number of thiazole rings is 1. The van der Waals surface area contributed by atoms with Crippen molar-refractivity contribution < 1.29 is 5.11 Å². The summed E-state index contributed by atoms with van der Waals surface area (Å²) in [7, 11) is 0. The Kier molecular flexibility index (Phi) is 2.08. The zero-order valence-electron chi connectivity index (χ0n) is 8.44. The lowest BCUT2D eigenvalue weighted by molar-refractivity contribution is 0.0438. The topological polar surface area (TPSA) is 33.1 Å². The second-order valence-electron chi connectivity index (χ2n) is 4.59. The highest BCUT2D eigenvalue weighted by molar-refractivity contribution is 7.10. The molecule has 0 aliphatic heterocycles. The predicted molar refractivity (Wildman–Crippen MR) is 59.4 cm³/mol. The third kappa shape index (κ3) is 1.58. The maximum absolute atomic E-state index is 10.4. The van der Waals surface area contributed by atoms with Gasteiger partial charge in [-0.15, -0.1) is 11.3 Å². The van der Waals surface area contributed by atoms with E-state index >= 15 is 0 Å². The van der Waals surface area contributed by atoms with Gasteiger partial charge in [-0.25, -0.2) is 4.98 Å². The summed E-state index contributed by atoms with van der Waals surface area (Å²) in [5.74, 6) is 7.17. The van der Waals surface area contributed by atoms with E-state index in [1.807, 2.05) is 5.38 Å². The Balaban J connectivity index is 1.83. The second kappa shape index (κ2) is 3.33. The van der Waals surface area contributed by atoms with Crippen molar-refractivity contribution in [2.45, 2.75) is 31.3 Å². The lowest BCUT2D eigenvalue weighted by atomic mass is 9.85. The Morgan fingerprint density at radius 2 is 2.47 bits per heavy atom. The van der Waals surface area contributed by atoms with Gasteiger partial charge in [0, 0.05) is 11.6 Å². The van der Waals surface area contributed by atoms with Crippen LogP contribution < -0.4 is 0 Å². The highest BCUT2D eigenvalue weighted by Crippen LogP contribution is 2.50. The van der Waals surface area contributed by atoms with Gasteiger partial charge in [-0.2, -0.15) is 0 Å². The predicted octanol–water partition coefficient (Wildman–Crippen LogP) is 2.05. The van der Waals surface area contributed by atoms with E-state index in [9.17, 15) is 5.11 Å². The highest BCUT2D eigenvalue weighted by atomic mass is 32.1. The van der Waals surface area contributed by atoms with E-state index < -0.39 is 5.60 Å². The Morgan fingerprint density at radius 3 is 3.07 bits per heavy atom. The normalized spacial score (nSPS) is 37.7. The number of rotatable bonds is 0. The first-order valence-corrected chi connectivity index (χ1v) is 6.29. The number of aliphatic hydroxyl groups is 1. The van der Waals surface area contributed by atoms with E-state index in [-0.39, 0.29) is 0 Å². The Labute approximate surface area is 93.4 Å². The summed E-state index contributed by atoms with van der Waals surface area (Å²) in [5, 5.41) is 13.1. The quantitative estimate of drug-likeness (QED) is 0.677. The first-order valence-electron chi connectivity index (χ1n) is 5.41. The summed E-state index contributed by atoms with van der Waals surface area (Å²) in [4.78, 5) is 4.10. The molecule has 0 amide bonds. The van der Waals surface area contributed by atoms with Crippen LogP contribution in [0, 0.1) is 23.7 Å². The molecule has 3 atom stereocenters. The molecule has 1 N–H and O–H groups in total. The Hall–Kier alpha value is -0.850. The van der Waals surface area contributed by atoms with Crippen LogP contribution in [0.25, 0.3) is 0 Å². The van der Waals surface area contributed by atoms with E-state index in [4.69, 9.17) is 0 Å². The molecule has 2 aliphatic carbocycles. The minimum Gasteiger partial charge on any atom is -0.377 e. The Morgan fingerprint density at radius 1 is 1.53 bits per heavy atom. The molecule has 1 heterocycles. The van der Waals surface area contributed by atoms with Crippen molar-refractivity contribution in [3.05, 3.63) is 16.6 Å². The molecular weight excluding hydrogens is 206 g/mol. The molecule has 1 aromatic heterocycles. The van der Waals surface area contributed by atoms with Crippen molar-refractivity contribution in [3.8, 4) is 11.8 Å². The van der Waals surface area contributed by atoms with Crippen molar-refractivity contribution in [2.75, 3.05) is 0 Å². The van der Waals surface area contributed by atoms with E-state index in [0.717, 1.165) is 17.8 Å². The van der Waals surface area contributed by atoms with Crippen LogP contribution in [0.2, 0.25) is 0 Å². The maximum Gasteiger partial charge on any atom is 0.166 e. The van der Waals surface area contributed by atoms with Gasteiger partial charge in [0.2, 0.25) is 0 Å². The summed E-state index contributed by atoms with van der Waals surface area (Å²) >= 11 is 1.53. The van der Waals surface area contributed by atoms with Crippen LogP contribution >= 0.6 is 11.3 Å². The summed E-state index contributed by atoms with van der Waals surface area (Å²) in [6, 6.07) is 0. The molecular formula is C12H13NOS. The second-order valence-corrected chi connectivity index (χ2v) is 5.49. The van der Waals surface area contributed by atoms with Crippen molar-refractivity contribution in [2.24, 2.45) is 11.8 Å². The van der Waals surface area contributed by atoms with E-state index in [1.165, 1.54) is 24.2 Å². The fourth-order valence-electron chi connectivity index (χ4n) is 2.90. The molecule has 2 aliphatic rings. The lowest BCUT2D eigenvalue weighted by Crippen LogP contribution is -2.33. The molecule has 2 saturated carbocycles. The molecule has 3 rings (SSSR count). The minimum absolute atomic E-state index is 0.412. The summed E-state index contributed by atoms with van der Waals surface area (Å²) in [6.45, 7) is 0. The molecule has 0 spiro atoms. The summed E-state index contributed by atoms with van der Waals surface area (Å²) in [6.07, 6.45) is 6.22. The van der Waals surface area contributed by atoms with Crippen LogP contribution in [-0.4, -0.2) is 15.7 Å². The molecule has 0 aromatic carbocycles. The number of fused-ring (bicyclic) bond motifs is 2. The molecule has 15 heavy (non-hydrogen) atoms. The average molecular weight is 219 g/mol. The first kappa shape index (κ1) is 9.38. The third-order valence-corrected chi connectivity index (χ3v) is 4.32. The molecule has 2 bridgehead atoms. The first-order chi connectivity index (χ1) is 7.26. The molecule has 78 valence electrons. The van der Waals surface area contributed by atoms with Gasteiger partial charge in [0.1, 0.15) is 5.60 Å². The smallest absolute Gasteiger partial charge is 0.166 e. The van der Waals surface area contributed by atoms with Crippen LogP contribution in [-0.2, 0) is 0 Å². The fourth-order valence-corrected chi connectivity index (χ4v) is 3.38. The van der Waals surface area contributed by atoms with Crippen LogP contribution in [0.1, 0.15) is 30.7 Å². The van der Waals surface area contributed by atoms with E-state index in [2.05, 4.69) is 16.8 Å². The van der Waals surface area contributed by atoms with Crippen molar-refractivity contribution >= 4 is 11.3 Å². The van der Waals surface area contributed by atoms with Crippen LogP contribution in [0.5, 0.6) is 0 Å². The van der Waals surface area contributed by atoms with Gasteiger partial charge in [0.15, 0.2) is 5.01 Å². The average Bonchev–Trinajstić information content (AvgIpc) is 2.90. The van der Waals surface area contributed by atoms with Gasteiger partial charge in [-0.05, 0) is 43.4 Å². The summed E-state index contributed by atoms with van der Waals surface area (Å²) < 4.78 is 0. The van der Waals surface area contributed by atoms with Crippen LogP contribution in [0.3, 0.4) is 0 Å². The standard InChI is InChI=1S/C12H13NOS/c14-12(4-3-11-13-5-6-15-11)8-9-1-2-10(12)7-9/h5-6,9-10,14H,1-2,7-8H2. The molecule has 3 heteroatoms. The number of hydrogen-bond donors (Lipinski definition) is 1. The zero-order chi connectivity index (χ0) is 10.3. The third-order valence-electron chi connectivity index (χ3n) is 3.63. The van der Waals surface area contributed by atoms with Gasteiger partial charge in [0.25, 0.3) is 0 Å². The Bertz CT molecular complexity index is 417. The maximum atomic E-state index is 10.4. The van der Waals surface area contributed by atoms with Crippen LogP contribution in [0.15, 0.2) is 11.6 Å². The van der Waals surface area contributed by atoms with Gasteiger partial charge in [0.05, 0.1) is 0 Å². The lowest BCUT2D eigenvalue weighted by Gasteiger charge is -2.26. The van der Waals surface area contributed by atoms with Crippen molar-refractivity contribution in [3.63, 3.8) is 0 Å². The molecule has 2 fully saturated rings. The van der Waals surface area contributed by atoms with Crippen molar-refractivity contribution in [1.29, 1.82) is 0 Å². The van der Waals surface area contributed by atoms with E-state index in [1.54, 1.807) is 6.20 Å². The van der Waals surface area contributed by atoms with Gasteiger partial charge < -0.3 is 5.11 Å². The van der Waals surface area contributed by atoms with Gasteiger partial charge >= 0.3 is 0 Å². The summed E-state index contributed by atoms with van der Waals surface area (Å²) in [5.41, 5.74) is -0.714. The molecule has 1 aromatic rings. The monoisotopic (exact) mass is 219 g/mol. The number of nitrogens with zero attached hydrogens (tertiary/aromatic N) is 1. The minimum atomic E-state index is -0.714. The van der Waals surface area contributed by atoms with Crippen LogP contribution in [0.4, 0.5) is 0 Å². The number of hydrogen-bond acceptors (Lipinski definition) is 3. The van der Waals surface area contributed by atoms with Gasteiger partial charge in [-0.1, -0.05) is 5.92 Å². The molecule has 3 unspecified atom stereocenters. The van der Waals surface area contributed by atoms with Gasteiger partial charge in [-0.3, -0.25) is 0 Å².